The number of aryl methyl sites for hydroxylation is 2. The first-order valence-electron chi connectivity index (χ1n) is 14.1. The van der Waals surface area contributed by atoms with Gasteiger partial charge in [-0.15, -0.1) is 0 Å². The summed E-state index contributed by atoms with van der Waals surface area (Å²) in [7, 11) is 1.38. The van der Waals surface area contributed by atoms with Gasteiger partial charge in [-0.1, -0.05) is 12.1 Å². The van der Waals surface area contributed by atoms with E-state index >= 15 is 4.39 Å². The molecular weight excluding hydrogens is 511 g/mol. The third-order valence-electron chi connectivity index (χ3n) is 8.50. The number of esters is 1. The number of halogens is 1. The van der Waals surface area contributed by atoms with Gasteiger partial charge in [0.1, 0.15) is 35.3 Å². The van der Waals surface area contributed by atoms with Crippen molar-refractivity contribution in [3.63, 3.8) is 0 Å². The largest absolute Gasteiger partial charge is 0.492 e. The molecule has 3 aromatic rings. The Labute approximate surface area is 234 Å². The molecule has 0 aromatic heterocycles. The van der Waals surface area contributed by atoms with Crippen molar-refractivity contribution in [3.05, 3.63) is 76.1 Å². The predicted octanol–water partition coefficient (Wildman–Crippen LogP) is 6.51. The summed E-state index contributed by atoms with van der Waals surface area (Å²) in [6, 6.07) is 13.1. The van der Waals surface area contributed by atoms with E-state index in [1.54, 1.807) is 6.07 Å². The van der Waals surface area contributed by atoms with Crippen LogP contribution in [0.5, 0.6) is 17.2 Å². The van der Waals surface area contributed by atoms with Gasteiger partial charge in [0.25, 0.3) is 0 Å². The van der Waals surface area contributed by atoms with Gasteiger partial charge in [-0.25, -0.2) is 4.39 Å². The number of benzene rings is 3. The average molecular weight is 547 g/mol. The standard InChI is InChI=1S/C33H35FO6/c1-18-12-24(39-22-5-4-21(35)15-22)13-19(2)32(18)26-8-10-28(34)33-27(26)9-11-29(33)40-23-6-7-25-20(14-31(36)37-3)17-38-30(25)16-23/h6-8,10,12-13,16,20-22,29,35H,4-5,9,11,14-15,17H2,1-3H3/t20-,21-,22+,29-/m1/s1. The minimum Gasteiger partial charge on any atom is -0.492 e. The lowest BCUT2D eigenvalue weighted by atomic mass is 9.90. The van der Waals surface area contributed by atoms with Crippen molar-refractivity contribution in [3.8, 4) is 28.4 Å². The van der Waals surface area contributed by atoms with Crippen LogP contribution < -0.4 is 14.2 Å². The molecule has 1 heterocycles. The zero-order chi connectivity index (χ0) is 28.0. The topological polar surface area (TPSA) is 74.2 Å². The molecule has 3 aromatic carbocycles. The molecule has 7 heteroatoms. The van der Waals surface area contributed by atoms with Crippen molar-refractivity contribution in [2.24, 2.45) is 0 Å². The molecule has 1 saturated carbocycles. The number of hydrogen-bond donors (Lipinski definition) is 1. The summed E-state index contributed by atoms with van der Waals surface area (Å²) in [5.74, 6) is 1.55. The van der Waals surface area contributed by atoms with E-state index in [1.165, 1.54) is 7.11 Å². The molecule has 4 atom stereocenters. The van der Waals surface area contributed by atoms with E-state index in [2.05, 4.69) is 13.8 Å². The Morgan fingerprint density at radius 2 is 1.82 bits per heavy atom. The van der Waals surface area contributed by atoms with Gasteiger partial charge in [-0.05, 0) is 91.6 Å². The molecule has 0 saturated heterocycles. The molecule has 2 aliphatic carbocycles. The second-order valence-electron chi connectivity index (χ2n) is 11.3. The number of carbonyl (C=O) groups is 1. The summed E-state index contributed by atoms with van der Waals surface area (Å²) >= 11 is 0. The quantitative estimate of drug-likeness (QED) is 0.341. The molecule has 0 unspecified atom stereocenters. The lowest BCUT2D eigenvalue weighted by Crippen LogP contribution is -2.13. The normalized spacial score (nSPS) is 22.9. The highest BCUT2D eigenvalue weighted by Gasteiger charge is 2.32. The molecule has 210 valence electrons. The number of aliphatic hydroxyl groups is 1. The van der Waals surface area contributed by atoms with Gasteiger partial charge in [-0.2, -0.15) is 0 Å². The third-order valence-corrected chi connectivity index (χ3v) is 8.50. The van der Waals surface area contributed by atoms with Crippen molar-refractivity contribution < 1.29 is 33.2 Å². The summed E-state index contributed by atoms with van der Waals surface area (Å²) in [6.07, 6.45) is 3.31. The van der Waals surface area contributed by atoms with Crippen molar-refractivity contribution in [1.29, 1.82) is 0 Å². The zero-order valence-electron chi connectivity index (χ0n) is 23.2. The minimum atomic E-state index is -0.405. The Hall–Kier alpha value is -3.58. The molecule has 1 aliphatic heterocycles. The van der Waals surface area contributed by atoms with Crippen molar-refractivity contribution in [2.75, 3.05) is 13.7 Å². The second-order valence-corrected chi connectivity index (χ2v) is 11.3. The van der Waals surface area contributed by atoms with E-state index in [1.807, 2.05) is 36.4 Å². The monoisotopic (exact) mass is 546 g/mol. The Morgan fingerprint density at radius 3 is 2.55 bits per heavy atom. The summed E-state index contributed by atoms with van der Waals surface area (Å²) in [5, 5.41) is 9.85. The fourth-order valence-electron chi connectivity index (χ4n) is 6.61. The molecule has 0 spiro atoms. The first kappa shape index (κ1) is 26.6. The maximum Gasteiger partial charge on any atom is 0.306 e. The maximum atomic E-state index is 15.3. The van der Waals surface area contributed by atoms with Crippen LogP contribution in [0.1, 0.15) is 71.9 Å². The maximum absolute atomic E-state index is 15.3. The van der Waals surface area contributed by atoms with Gasteiger partial charge < -0.3 is 24.1 Å². The fourth-order valence-corrected chi connectivity index (χ4v) is 6.61. The molecule has 0 amide bonds. The number of fused-ring (bicyclic) bond motifs is 2. The molecule has 0 bridgehead atoms. The third kappa shape index (κ3) is 5.03. The number of aliphatic hydroxyl groups excluding tert-OH is 1. The SMILES string of the molecule is COC(=O)C[C@@H]1COc2cc(O[C@@H]3CCc4c(-c5c(C)cc(O[C@H]6CC[C@@H](O)C6)cc5C)ccc(F)c43)ccc21. The summed E-state index contributed by atoms with van der Waals surface area (Å²) in [6.45, 7) is 4.55. The Bertz CT molecular complexity index is 1430. The number of ether oxygens (including phenoxy) is 4. The summed E-state index contributed by atoms with van der Waals surface area (Å²) in [5.41, 5.74) is 6.83. The molecule has 6 rings (SSSR count). The lowest BCUT2D eigenvalue weighted by molar-refractivity contribution is -0.141. The summed E-state index contributed by atoms with van der Waals surface area (Å²) in [4.78, 5) is 11.7. The second kappa shape index (κ2) is 10.8. The van der Waals surface area contributed by atoms with Gasteiger partial charge in [0.2, 0.25) is 0 Å². The van der Waals surface area contributed by atoms with Crippen LogP contribution in [0, 0.1) is 19.7 Å². The van der Waals surface area contributed by atoms with Crippen molar-refractivity contribution >= 4 is 5.97 Å². The van der Waals surface area contributed by atoms with E-state index in [9.17, 15) is 9.90 Å². The van der Waals surface area contributed by atoms with Crippen LogP contribution in [-0.2, 0) is 16.0 Å². The van der Waals surface area contributed by atoms with E-state index in [-0.39, 0.29) is 36.3 Å². The molecule has 6 nitrogen and oxygen atoms in total. The molecule has 1 fully saturated rings. The van der Waals surface area contributed by atoms with E-state index in [4.69, 9.17) is 18.9 Å². The highest BCUT2D eigenvalue weighted by atomic mass is 19.1. The average Bonchev–Trinajstić information content (AvgIpc) is 3.64. The van der Waals surface area contributed by atoms with Gasteiger partial charge in [0, 0.05) is 29.5 Å². The highest BCUT2D eigenvalue weighted by molar-refractivity contribution is 5.76. The van der Waals surface area contributed by atoms with Crippen LogP contribution in [0.2, 0.25) is 0 Å². The van der Waals surface area contributed by atoms with Gasteiger partial charge >= 0.3 is 5.97 Å². The van der Waals surface area contributed by atoms with Crippen LogP contribution in [-0.4, -0.2) is 37.0 Å². The Morgan fingerprint density at radius 1 is 1.02 bits per heavy atom. The van der Waals surface area contributed by atoms with Gasteiger partial charge in [0.15, 0.2) is 0 Å². The number of methoxy groups -OCH3 is 1. The smallest absolute Gasteiger partial charge is 0.306 e. The Kier molecular flexibility index (Phi) is 7.17. The van der Waals surface area contributed by atoms with Crippen LogP contribution >= 0.6 is 0 Å². The summed E-state index contributed by atoms with van der Waals surface area (Å²) < 4.78 is 38.5. The fraction of sp³-hybridized carbons (Fsp3) is 0.424. The van der Waals surface area contributed by atoms with Gasteiger partial charge in [-0.3, -0.25) is 4.79 Å². The van der Waals surface area contributed by atoms with Crippen LogP contribution in [0.25, 0.3) is 11.1 Å². The van der Waals surface area contributed by atoms with E-state index in [0.29, 0.717) is 42.9 Å². The predicted molar refractivity (Wildman–Crippen MR) is 149 cm³/mol. The minimum absolute atomic E-state index is 0.0379. The van der Waals surface area contributed by atoms with Crippen molar-refractivity contribution in [2.45, 2.75) is 76.6 Å². The highest BCUT2D eigenvalue weighted by Crippen LogP contribution is 2.45. The first-order chi connectivity index (χ1) is 19.3. The van der Waals surface area contributed by atoms with E-state index < -0.39 is 6.10 Å². The Balaban J connectivity index is 1.24. The van der Waals surface area contributed by atoms with Gasteiger partial charge in [0.05, 0.1) is 26.2 Å². The molecular formula is C33H35FO6. The molecule has 40 heavy (non-hydrogen) atoms. The van der Waals surface area contributed by atoms with E-state index in [0.717, 1.165) is 52.0 Å². The van der Waals surface area contributed by atoms with Crippen LogP contribution in [0.15, 0.2) is 42.5 Å². The first-order valence-corrected chi connectivity index (χ1v) is 14.1. The van der Waals surface area contributed by atoms with Crippen LogP contribution in [0.4, 0.5) is 4.39 Å². The number of rotatable bonds is 7. The molecule has 3 aliphatic rings. The lowest BCUT2D eigenvalue weighted by Gasteiger charge is -2.20. The number of hydrogen-bond acceptors (Lipinski definition) is 6. The molecule has 1 N–H and O–H groups in total. The molecule has 0 radical (unpaired) electrons. The van der Waals surface area contributed by atoms with Crippen molar-refractivity contribution in [1.82, 2.24) is 0 Å². The zero-order valence-corrected chi connectivity index (χ0v) is 23.2. The number of carbonyl (C=O) groups excluding carboxylic acids is 1. The van der Waals surface area contributed by atoms with Crippen LogP contribution in [0.3, 0.4) is 0 Å².